The van der Waals surface area contributed by atoms with Gasteiger partial charge in [0.2, 0.25) is 0 Å². The van der Waals surface area contributed by atoms with Gasteiger partial charge in [-0.15, -0.1) is 0 Å². The third-order valence-electron chi connectivity index (χ3n) is 2.89. The number of nitrogens with one attached hydrogen (secondary N) is 1. The Kier molecular flexibility index (Phi) is 5.23. The number of aliphatic hydroxyl groups is 1. The topological polar surface area (TPSA) is 32.3 Å². The zero-order chi connectivity index (χ0) is 11.9. The molecule has 2 N–H and O–H groups in total. The number of rotatable bonds is 6. The van der Waals surface area contributed by atoms with Crippen LogP contribution in [0.5, 0.6) is 0 Å². The lowest BCUT2D eigenvalue weighted by Gasteiger charge is -2.26. The van der Waals surface area contributed by atoms with Gasteiger partial charge in [-0.2, -0.15) is 0 Å². The molecule has 0 amide bonds. The molecule has 1 rings (SSSR count). The van der Waals surface area contributed by atoms with E-state index in [9.17, 15) is 5.11 Å². The average Bonchev–Trinajstić information content (AvgIpc) is 2.36. The van der Waals surface area contributed by atoms with Crippen molar-refractivity contribution in [3.63, 3.8) is 0 Å². The van der Waals surface area contributed by atoms with Gasteiger partial charge in [0.15, 0.2) is 0 Å². The molecule has 0 fully saturated rings. The van der Waals surface area contributed by atoms with Crippen LogP contribution in [0, 0.1) is 0 Å². The van der Waals surface area contributed by atoms with Crippen molar-refractivity contribution in [3.05, 3.63) is 42.0 Å². The minimum atomic E-state index is -0.166. The fourth-order valence-corrected chi connectivity index (χ4v) is 1.36. The zero-order valence-electron chi connectivity index (χ0n) is 10.1. The lowest BCUT2D eigenvalue weighted by molar-refractivity contribution is 0.174. The summed E-state index contributed by atoms with van der Waals surface area (Å²) in [5, 5.41) is 12.5. The monoisotopic (exact) mass is 219 g/mol. The molecule has 2 nitrogen and oxygen atoms in total. The maximum absolute atomic E-state index is 9.22. The minimum absolute atomic E-state index is 0.166. The standard InChI is InChI=1S/C14H21NO/c1-3-14(2,12-16)15-11-7-10-13-8-5-4-6-9-13/h4-10,15-16H,3,11-12H2,1-2H3/b10-7+. The Morgan fingerprint density at radius 1 is 1.31 bits per heavy atom. The highest BCUT2D eigenvalue weighted by atomic mass is 16.3. The lowest BCUT2D eigenvalue weighted by atomic mass is 10.0. The summed E-state index contributed by atoms with van der Waals surface area (Å²) < 4.78 is 0. The predicted molar refractivity (Wildman–Crippen MR) is 69.3 cm³/mol. The number of benzene rings is 1. The highest BCUT2D eigenvalue weighted by molar-refractivity contribution is 5.48. The summed E-state index contributed by atoms with van der Waals surface area (Å²) in [6.45, 7) is 5.05. The van der Waals surface area contributed by atoms with Gasteiger partial charge in [-0.25, -0.2) is 0 Å². The Labute approximate surface area is 98.0 Å². The molecule has 0 radical (unpaired) electrons. The zero-order valence-corrected chi connectivity index (χ0v) is 10.1. The van der Waals surface area contributed by atoms with Crippen molar-refractivity contribution < 1.29 is 5.11 Å². The van der Waals surface area contributed by atoms with Crippen LogP contribution in [-0.4, -0.2) is 23.8 Å². The number of aliphatic hydroxyl groups excluding tert-OH is 1. The summed E-state index contributed by atoms with van der Waals surface area (Å²) in [4.78, 5) is 0. The Morgan fingerprint density at radius 3 is 2.56 bits per heavy atom. The van der Waals surface area contributed by atoms with E-state index in [-0.39, 0.29) is 12.1 Å². The second kappa shape index (κ2) is 6.46. The first-order chi connectivity index (χ1) is 7.70. The molecule has 2 heteroatoms. The number of hydrogen-bond acceptors (Lipinski definition) is 2. The maximum atomic E-state index is 9.22. The summed E-state index contributed by atoms with van der Waals surface area (Å²) in [6, 6.07) is 10.2. The highest BCUT2D eigenvalue weighted by Crippen LogP contribution is 2.07. The SMILES string of the molecule is CCC(C)(CO)NC/C=C/c1ccccc1. The summed E-state index contributed by atoms with van der Waals surface area (Å²) >= 11 is 0. The fourth-order valence-electron chi connectivity index (χ4n) is 1.36. The van der Waals surface area contributed by atoms with Crippen molar-refractivity contribution in [2.75, 3.05) is 13.2 Å². The molecule has 0 bridgehead atoms. The van der Waals surface area contributed by atoms with Crippen molar-refractivity contribution in [1.29, 1.82) is 0 Å². The Balaban J connectivity index is 2.38. The molecule has 0 heterocycles. The third kappa shape index (κ3) is 4.17. The van der Waals surface area contributed by atoms with Gasteiger partial charge in [0.1, 0.15) is 0 Å². The van der Waals surface area contributed by atoms with Crippen molar-refractivity contribution in [3.8, 4) is 0 Å². The molecular formula is C14H21NO. The fraction of sp³-hybridized carbons (Fsp3) is 0.429. The summed E-state index contributed by atoms with van der Waals surface area (Å²) in [5.41, 5.74) is 1.03. The second-order valence-electron chi connectivity index (χ2n) is 4.27. The van der Waals surface area contributed by atoms with Crippen molar-refractivity contribution in [1.82, 2.24) is 5.32 Å². The van der Waals surface area contributed by atoms with E-state index in [1.54, 1.807) is 0 Å². The van der Waals surface area contributed by atoms with Crippen LogP contribution in [0.4, 0.5) is 0 Å². The van der Waals surface area contributed by atoms with Gasteiger partial charge in [0.05, 0.1) is 6.61 Å². The molecular weight excluding hydrogens is 198 g/mol. The van der Waals surface area contributed by atoms with Gasteiger partial charge >= 0.3 is 0 Å². The van der Waals surface area contributed by atoms with Crippen LogP contribution in [-0.2, 0) is 0 Å². The van der Waals surface area contributed by atoms with E-state index in [1.807, 2.05) is 25.1 Å². The average molecular weight is 219 g/mol. The molecule has 1 aromatic rings. The molecule has 1 unspecified atom stereocenters. The van der Waals surface area contributed by atoms with Gasteiger partial charge in [0.25, 0.3) is 0 Å². The Bertz CT molecular complexity index is 315. The van der Waals surface area contributed by atoms with Gasteiger partial charge < -0.3 is 10.4 Å². The molecule has 88 valence electrons. The molecule has 0 aliphatic heterocycles. The summed E-state index contributed by atoms with van der Waals surface area (Å²) in [5.74, 6) is 0. The van der Waals surface area contributed by atoms with Gasteiger partial charge in [-0.05, 0) is 18.9 Å². The Morgan fingerprint density at radius 2 is 2.00 bits per heavy atom. The van der Waals surface area contributed by atoms with Crippen molar-refractivity contribution >= 4 is 6.08 Å². The smallest absolute Gasteiger partial charge is 0.0610 e. The van der Waals surface area contributed by atoms with Crippen LogP contribution >= 0.6 is 0 Å². The summed E-state index contributed by atoms with van der Waals surface area (Å²) in [6.07, 6.45) is 5.09. The second-order valence-corrected chi connectivity index (χ2v) is 4.27. The van der Waals surface area contributed by atoms with Crippen LogP contribution in [0.1, 0.15) is 25.8 Å². The van der Waals surface area contributed by atoms with Crippen LogP contribution in [0.25, 0.3) is 6.08 Å². The van der Waals surface area contributed by atoms with E-state index < -0.39 is 0 Å². The number of hydrogen-bond donors (Lipinski definition) is 2. The molecule has 0 spiro atoms. The predicted octanol–water partition coefficient (Wildman–Crippen LogP) is 2.45. The van der Waals surface area contributed by atoms with Gasteiger partial charge in [-0.1, -0.05) is 49.4 Å². The minimum Gasteiger partial charge on any atom is -0.394 e. The molecule has 0 saturated carbocycles. The molecule has 1 aromatic carbocycles. The highest BCUT2D eigenvalue weighted by Gasteiger charge is 2.18. The molecule has 1 atom stereocenters. The van der Waals surface area contributed by atoms with Crippen molar-refractivity contribution in [2.24, 2.45) is 0 Å². The van der Waals surface area contributed by atoms with Crippen LogP contribution in [0.15, 0.2) is 36.4 Å². The maximum Gasteiger partial charge on any atom is 0.0610 e. The van der Waals surface area contributed by atoms with E-state index in [0.717, 1.165) is 13.0 Å². The largest absolute Gasteiger partial charge is 0.394 e. The van der Waals surface area contributed by atoms with E-state index in [2.05, 4.69) is 36.5 Å². The van der Waals surface area contributed by atoms with E-state index in [4.69, 9.17) is 0 Å². The van der Waals surface area contributed by atoms with Gasteiger partial charge in [-0.3, -0.25) is 0 Å². The molecule has 0 aliphatic rings. The summed E-state index contributed by atoms with van der Waals surface area (Å²) in [7, 11) is 0. The quantitative estimate of drug-likeness (QED) is 0.770. The Hall–Kier alpha value is -1.12. The van der Waals surface area contributed by atoms with Crippen LogP contribution < -0.4 is 5.32 Å². The molecule has 16 heavy (non-hydrogen) atoms. The first kappa shape index (κ1) is 12.9. The first-order valence-electron chi connectivity index (χ1n) is 5.77. The normalized spacial score (nSPS) is 15.2. The van der Waals surface area contributed by atoms with Crippen LogP contribution in [0.2, 0.25) is 0 Å². The molecule has 0 aromatic heterocycles. The van der Waals surface area contributed by atoms with E-state index in [1.165, 1.54) is 5.56 Å². The molecule has 0 saturated heterocycles. The third-order valence-corrected chi connectivity index (χ3v) is 2.89. The van der Waals surface area contributed by atoms with Crippen LogP contribution in [0.3, 0.4) is 0 Å². The van der Waals surface area contributed by atoms with E-state index in [0.29, 0.717) is 0 Å². The molecule has 0 aliphatic carbocycles. The lowest BCUT2D eigenvalue weighted by Crippen LogP contribution is -2.45. The van der Waals surface area contributed by atoms with Crippen molar-refractivity contribution in [2.45, 2.75) is 25.8 Å². The first-order valence-corrected chi connectivity index (χ1v) is 5.77. The van der Waals surface area contributed by atoms with E-state index >= 15 is 0 Å². The van der Waals surface area contributed by atoms with Gasteiger partial charge in [0, 0.05) is 12.1 Å².